The molecule has 0 spiro atoms. The molecule has 2 heteroatoms. The number of hydrogen-bond donors (Lipinski definition) is 0. The van der Waals surface area contributed by atoms with E-state index in [0.717, 1.165) is 25.1 Å². The highest BCUT2D eigenvalue weighted by atomic mass is 19.1. The van der Waals surface area contributed by atoms with Crippen molar-refractivity contribution >= 4 is 0 Å². The van der Waals surface area contributed by atoms with E-state index in [1.165, 1.54) is 5.56 Å². The summed E-state index contributed by atoms with van der Waals surface area (Å²) in [6.07, 6.45) is 1.15. The van der Waals surface area contributed by atoms with Gasteiger partial charge >= 0.3 is 0 Å². The monoisotopic (exact) mass is 297 g/mol. The fourth-order valence-corrected chi connectivity index (χ4v) is 3.62. The van der Waals surface area contributed by atoms with Gasteiger partial charge in [-0.2, -0.15) is 0 Å². The highest BCUT2D eigenvalue weighted by Gasteiger charge is 2.31. The Balaban J connectivity index is 1.69. The minimum Gasteiger partial charge on any atom is -0.296 e. The molecule has 0 amide bonds. The van der Waals surface area contributed by atoms with E-state index in [4.69, 9.17) is 0 Å². The van der Waals surface area contributed by atoms with Crippen molar-refractivity contribution < 1.29 is 4.39 Å². The second kappa shape index (κ2) is 6.62. The van der Waals surface area contributed by atoms with Crippen LogP contribution in [0, 0.1) is 11.7 Å². The topological polar surface area (TPSA) is 3.24 Å². The standard InChI is InChI=1S/C20H24FN/c1-15(19-10-6-7-11-20(19)21)18-12-13-22(14-18)16(2)17-8-4-3-5-9-17/h3-11,15-16,18H,12-14H2,1-2H3/t15?,16-,18?/m0/s1. The predicted molar refractivity (Wildman–Crippen MR) is 89.4 cm³/mol. The van der Waals surface area contributed by atoms with Crippen LogP contribution in [-0.2, 0) is 0 Å². The fraction of sp³-hybridized carbons (Fsp3) is 0.400. The van der Waals surface area contributed by atoms with Gasteiger partial charge in [-0.3, -0.25) is 4.90 Å². The molecule has 1 aliphatic rings. The van der Waals surface area contributed by atoms with Crippen molar-refractivity contribution in [2.75, 3.05) is 13.1 Å². The average molecular weight is 297 g/mol. The molecule has 22 heavy (non-hydrogen) atoms. The Morgan fingerprint density at radius 1 is 1.00 bits per heavy atom. The van der Waals surface area contributed by atoms with Crippen molar-refractivity contribution in [1.82, 2.24) is 4.90 Å². The van der Waals surface area contributed by atoms with Crippen LogP contribution in [0.5, 0.6) is 0 Å². The molecule has 0 aromatic heterocycles. The van der Waals surface area contributed by atoms with E-state index in [-0.39, 0.29) is 11.7 Å². The van der Waals surface area contributed by atoms with E-state index >= 15 is 0 Å². The molecule has 3 atom stereocenters. The first kappa shape index (κ1) is 15.2. The number of benzene rings is 2. The maximum absolute atomic E-state index is 14.0. The molecule has 1 nitrogen and oxygen atoms in total. The lowest BCUT2D eigenvalue weighted by Gasteiger charge is -2.26. The predicted octanol–water partition coefficient (Wildman–Crippen LogP) is 5.01. The van der Waals surface area contributed by atoms with Crippen molar-refractivity contribution in [3.63, 3.8) is 0 Å². The van der Waals surface area contributed by atoms with E-state index in [1.54, 1.807) is 12.1 Å². The van der Waals surface area contributed by atoms with Crippen LogP contribution in [0.25, 0.3) is 0 Å². The molecule has 0 bridgehead atoms. The van der Waals surface area contributed by atoms with Crippen molar-refractivity contribution in [3.8, 4) is 0 Å². The summed E-state index contributed by atoms with van der Waals surface area (Å²) in [5.41, 5.74) is 2.23. The SMILES string of the molecule is CC(c1ccccc1F)C1CCN([C@@H](C)c2ccccc2)C1. The van der Waals surface area contributed by atoms with Crippen molar-refractivity contribution in [2.24, 2.45) is 5.92 Å². The third-order valence-electron chi connectivity index (χ3n) is 5.19. The third-order valence-corrected chi connectivity index (χ3v) is 5.19. The Hall–Kier alpha value is -1.67. The summed E-state index contributed by atoms with van der Waals surface area (Å²) in [6, 6.07) is 18.3. The van der Waals surface area contributed by atoms with Gasteiger partial charge in [-0.1, -0.05) is 55.5 Å². The maximum Gasteiger partial charge on any atom is 0.126 e. The molecule has 1 fully saturated rings. The highest BCUT2D eigenvalue weighted by molar-refractivity contribution is 5.23. The summed E-state index contributed by atoms with van der Waals surface area (Å²) in [5, 5.41) is 0. The van der Waals surface area contributed by atoms with Gasteiger partial charge in [0.25, 0.3) is 0 Å². The number of hydrogen-bond acceptors (Lipinski definition) is 1. The maximum atomic E-state index is 14.0. The van der Waals surface area contributed by atoms with Gasteiger partial charge in [0.15, 0.2) is 0 Å². The molecule has 0 N–H and O–H groups in total. The summed E-state index contributed by atoms with van der Waals surface area (Å²) >= 11 is 0. The Morgan fingerprint density at radius 2 is 1.68 bits per heavy atom. The van der Waals surface area contributed by atoms with Crippen LogP contribution in [0.3, 0.4) is 0 Å². The van der Waals surface area contributed by atoms with Gasteiger partial charge in [0, 0.05) is 12.6 Å². The smallest absolute Gasteiger partial charge is 0.126 e. The molecule has 3 rings (SSSR count). The summed E-state index contributed by atoms with van der Waals surface area (Å²) in [7, 11) is 0. The lowest BCUT2D eigenvalue weighted by atomic mass is 9.87. The zero-order valence-corrected chi connectivity index (χ0v) is 13.4. The summed E-state index contributed by atoms with van der Waals surface area (Å²) < 4.78 is 14.0. The molecule has 1 heterocycles. The fourth-order valence-electron chi connectivity index (χ4n) is 3.62. The van der Waals surface area contributed by atoms with Gasteiger partial charge in [0.2, 0.25) is 0 Å². The lowest BCUT2D eigenvalue weighted by molar-refractivity contribution is 0.247. The van der Waals surface area contributed by atoms with Gasteiger partial charge in [-0.15, -0.1) is 0 Å². The Morgan fingerprint density at radius 3 is 2.41 bits per heavy atom. The largest absolute Gasteiger partial charge is 0.296 e. The van der Waals surface area contributed by atoms with E-state index in [9.17, 15) is 4.39 Å². The molecule has 2 aromatic rings. The molecular formula is C20H24FN. The van der Waals surface area contributed by atoms with Crippen LogP contribution in [0.1, 0.15) is 43.4 Å². The van der Waals surface area contributed by atoms with Gasteiger partial charge in [0.05, 0.1) is 0 Å². The summed E-state index contributed by atoms with van der Waals surface area (Å²) in [5.74, 6) is 0.738. The van der Waals surface area contributed by atoms with Crippen LogP contribution in [0.2, 0.25) is 0 Å². The Labute approximate surface area is 132 Å². The molecule has 2 aromatic carbocycles. The minimum absolute atomic E-state index is 0.0652. The van der Waals surface area contributed by atoms with Gasteiger partial charge in [-0.05, 0) is 48.9 Å². The van der Waals surface area contributed by atoms with Crippen LogP contribution in [-0.4, -0.2) is 18.0 Å². The lowest BCUT2D eigenvalue weighted by Crippen LogP contribution is -2.25. The number of nitrogens with zero attached hydrogens (tertiary/aromatic N) is 1. The van der Waals surface area contributed by atoms with Crippen LogP contribution in [0.15, 0.2) is 54.6 Å². The normalized spacial score (nSPS) is 21.7. The molecule has 2 unspecified atom stereocenters. The Kier molecular flexibility index (Phi) is 4.58. The van der Waals surface area contributed by atoms with E-state index in [0.29, 0.717) is 12.0 Å². The zero-order valence-electron chi connectivity index (χ0n) is 13.4. The first-order valence-electron chi connectivity index (χ1n) is 8.20. The second-order valence-electron chi connectivity index (χ2n) is 6.44. The second-order valence-corrected chi connectivity index (χ2v) is 6.44. The van der Waals surface area contributed by atoms with Gasteiger partial charge in [-0.25, -0.2) is 4.39 Å². The molecule has 0 saturated carbocycles. The third kappa shape index (κ3) is 3.07. The number of likely N-dealkylation sites (tertiary alicyclic amines) is 1. The van der Waals surface area contributed by atoms with E-state index in [2.05, 4.69) is 49.1 Å². The number of rotatable bonds is 4. The average Bonchev–Trinajstić information content (AvgIpc) is 3.05. The summed E-state index contributed by atoms with van der Waals surface area (Å²) in [4.78, 5) is 2.53. The number of halogens is 1. The zero-order chi connectivity index (χ0) is 15.5. The van der Waals surface area contributed by atoms with Gasteiger partial charge < -0.3 is 0 Å². The summed E-state index contributed by atoms with van der Waals surface area (Å²) in [6.45, 7) is 6.58. The first-order chi connectivity index (χ1) is 10.7. The van der Waals surface area contributed by atoms with Crippen LogP contribution in [0.4, 0.5) is 4.39 Å². The molecule has 116 valence electrons. The van der Waals surface area contributed by atoms with Gasteiger partial charge in [0.1, 0.15) is 5.82 Å². The molecule has 0 radical (unpaired) electrons. The van der Waals surface area contributed by atoms with Crippen molar-refractivity contribution in [3.05, 3.63) is 71.5 Å². The Bertz CT molecular complexity index is 610. The van der Waals surface area contributed by atoms with Crippen LogP contribution >= 0.6 is 0 Å². The quantitative estimate of drug-likeness (QED) is 0.766. The molecule has 1 saturated heterocycles. The molecular weight excluding hydrogens is 273 g/mol. The first-order valence-corrected chi connectivity index (χ1v) is 8.20. The minimum atomic E-state index is -0.0652. The molecule has 0 aliphatic carbocycles. The van der Waals surface area contributed by atoms with Crippen molar-refractivity contribution in [2.45, 2.75) is 32.2 Å². The van der Waals surface area contributed by atoms with Crippen LogP contribution < -0.4 is 0 Å². The van der Waals surface area contributed by atoms with E-state index in [1.807, 2.05) is 12.1 Å². The highest BCUT2D eigenvalue weighted by Crippen LogP contribution is 2.36. The molecule has 1 aliphatic heterocycles. The van der Waals surface area contributed by atoms with Crippen molar-refractivity contribution in [1.29, 1.82) is 0 Å². The van der Waals surface area contributed by atoms with E-state index < -0.39 is 0 Å².